The predicted molar refractivity (Wildman–Crippen MR) is 122 cm³/mol. The highest BCUT2D eigenvalue weighted by Crippen LogP contribution is 2.41. The molecule has 0 amide bonds. The molecule has 3 aromatic rings. The Morgan fingerprint density at radius 3 is 2.70 bits per heavy atom. The number of hydrogen-bond donors (Lipinski definition) is 0. The highest BCUT2D eigenvalue weighted by Gasteiger charge is 2.24. The molecule has 2 aliphatic rings. The summed E-state index contributed by atoms with van der Waals surface area (Å²) < 4.78 is 12.7. The molecule has 2 aromatic carbocycles. The molecule has 0 N–H and O–H groups in total. The van der Waals surface area contributed by atoms with E-state index in [1.165, 1.54) is 0 Å². The van der Waals surface area contributed by atoms with Gasteiger partial charge in [0.15, 0.2) is 5.82 Å². The van der Waals surface area contributed by atoms with Crippen LogP contribution in [0.4, 0.5) is 0 Å². The van der Waals surface area contributed by atoms with Crippen molar-refractivity contribution < 1.29 is 9.47 Å². The molecule has 0 atom stereocenters. The second-order valence-electron chi connectivity index (χ2n) is 7.34. The Morgan fingerprint density at radius 1 is 1.03 bits per heavy atom. The van der Waals surface area contributed by atoms with Crippen molar-refractivity contribution in [2.45, 2.75) is 11.4 Å². The fourth-order valence-electron chi connectivity index (χ4n) is 3.69. The summed E-state index contributed by atoms with van der Waals surface area (Å²) in [4.78, 5) is 12.2. The second-order valence-corrected chi connectivity index (χ2v) is 9.33. The Balaban J connectivity index is 1.44. The first kappa shape index (κ1) is 20.0. The van der Waals surface area contributed by atoms with Crippen molar-refractivity contribution in [3.05, 3.63) is 64.1 Å². The molecule has 0 radical (unpaired) electrons. The number of thioether (sulfide) groups is 1. The van der Waals surface area contributed by atoms with Gasteiger partial charge in [-0.1, -0.05) is 46.3 Å². The van der Waals surface area contributed by atoms with Gasteiger partial charge in [-0.3, -0.25) is 4.90 Å². The Hall–Kier alpha value is -1.93. The van der Waals surface area contributed by atoms with Crippen molar-refractivity contribution in [3.8, 4) is 23.0 Å². The molecule has 2 aliphatic heterocycles. The maximum absolute atomic E-state index is 6.22. The molecule has 5 nitrogen and oxygen atoms in total. The summed E-state index contributed by atoms with van der Waals surface area (Å²) in [5, 5.41) is 1.01. The lowest BCUT2D eigenvalue weighted by atomic mass is 10.0. The van der Waals surface area contributed by atoms with Gasteiger partial charge in [-0.25, -0.2) is 4.98 Å². The van der Waals surface area contributed by atoms with Crippen LogP contribution in [0.1, 0.15) is 11.1 Å². The summed E-state index contributed by atoms with van der Waals surface area (Å²) in [6, 6.07) is 16.2. The largest absolute Gasteiger partial charge is 0.438 e. The molecule has 1 fully saturated rings. The van der Waals surface area contributed by atoms with Crippen LogP contribution in [-0.2, 0) is 11.2 Å². The van der Waals surface area contributed by atoms with E-state index < -0.39 is 0 Å². The molecule has 154 valence electrons. The normalized spacial score (nSPS) is 15.9. The van der Waals surface area contributed by atoms with E-state index in [4.69, 9.17) is 19.4 Å². The molecule has 1 aromatic heterocycles. The van der Waals surface area contributed by atoms with E-state index in [2.05, 4.69) is 26.9 Å². The standard InChI is InChI=1S/C23H22BrN3O2S/c24-18-6-7-20-17(14-18)15-19-22(29-20)25-21(16-4-2-1-3-5-16)26-23(19)30-13-10-27-8-11-28-12-9-27/h1-7,14H,8-13,15H2. The van der Waals surface area contributed by atoms with E-state index in [1.54, 1.807) is 11.8 Å². The van der Waals surface area contributed by atoms with Gasteiger partial charge in [0, 0.05) is 47.4 Å². The molecule has 3 heterocycles. The maximum atomic E-state index is 6.22. The van der Waals surface area contributed by atoms with Crippen molar-refractivity contribution in [3.63, 3.8) is 0 Å². The monoisotopic (exact) mass is 483 g/mol. The lowest BCUT2D eigenvalue weighted by Crippen LogP contribution is -2.37. The first-order chi connectivity index (χ1) is 14.8. The number of rotatable bonds is 5. The van der Waals surface area contributed by atoms with Gasteiger partial charge in [0.2, 0.25) is 5.88 Å². The van der Waals surface area contributed by atoms with Gasteiger partial charge >= 0.3 is 0 Å². The molecule has 30 heavy (non-hydrogen) atoms. The molecule has 0 saturated carbocycles. The fraction of sp³-hybridized carbons (Fsp3) is 0.304. The molecule has 0 spiro atoms. The van der Waals surface area contributed by atoms with E-state index in [1.807, 2.05) is 42.5 Å². The molecule has 0 unspecified atom stereocenters. The molecular weight excluding hydrogens is 462 g/mol. The number of benzene rings is 2. The summed E-state index contributed by atoms with van der Waals surface area (Å²) in [6.07, 6.45) is 0.777. The van der Waals surface area contributed by atoms with Crippen LogP contribution in [-0.4, -0.2) is 53.5 Å². The minimum Gasteiger partial charge on any atom is -0.438 e. The number of ether oxygens (including phenoxy) is 2. The zero-order valence-corrected chi connectivity index (χ0v) is 18.9. The molecule has 1 saturated heterocycles. The van der Waals surface area contributed by atoms with Crippen molar-refractivity contribution in [2.75, 3.05) is 38.6 Å². The van der Waals surface area contributed by atoms with E-state index in [-0.39, 0.29) is 0 Å². The number of hydrogen-bond acceptors (Lipinski definition) is 6. The topological polar surface area (TPSA) is 47.5 Å². The lowest BCUT2D eigenvalue weighted by molar-refractivity contribution is 0.0410. The Morgan fingerprint density at radius 2 is 1.87 bits per heavy atom. The van der Waals surface area contributed by atoms with Crippen molar-refractivity contribution >= 4 is 27.7 Å². The van der Waals surface area contributed by atoms with E-state index in [0.717, 1.165) is 77.0 Å². The number of nitrogens with zero attached hydrogens (tertiary/aromatic N) is 3. The van der Waals surface area contributed by atoms with Gasteiger partial charge < -0.3 is 9.47 Å². The lowest BCUT2D eigenvalue weighted by Gasteiger charge is -2.26. The summed E-state index contributed by atoms with van der Waals surface area (Å²) in [6.45, 7) is 4.68. The van der Waals surface area contributed by atoms with E-state index in [0.29, 0.717) is 11.7 Å². The fourth-order valence-corrected chi connectivity index (χ4v) is 5.13. The smallest absolute Gasteiger partial charge is 0.227 e. The second kappa shape index (κ2) is 9.06. The Bertz CT molecular complexity index is 1040. The van der Waals surface area contributed by atoms with Crippen molar-refractivity contribution in [1.29, 1.82) is 0 Å². The van der Waals surface area contributed by atoms with Gasteiger partial charge in [-0.05, 0) is 18.2 Å². The zero-order chi connectivity index (χ0) is 20.3. The molecular formula is C23H22BrN3O2S. The average Bonchev–Trinajstić information content (AvgIpc) is 2.79. The van der Waals surface area contributed by atoms with Crippen molar-refractivity contribution in [2.24, 2.45) is 0 Å². The van der Waals surface area contributed by atoms with Gasteiger partial charge in [-0.2, -0.15) is 4.98 Å². The van der Waals surface area contributed by atoms with Crippen LogP contribution in [0.3, 0.4) is 0 Å². The highest BCUT2D eigenvalue weighted by molar-refractivity contribution is 9.10. The van der Waals surface area contributed by atoms with Crippen LogP contribution < -0.4 is 4.74 Å². The SMILES string of the molecule is Brc1ccc2c(c1)Cc1c(nc(-c3ccccc3)nc1SCCN1CCOCC1)O2. The third-order valence-corrected chi connectivity index (χ3v) is 6.80. The van der Waals surface area contributed by atoms with E-state index >= 15 is 0 Å². The molecule has 7 heteroatoms. The molecule has 0 bridgehead atoms. The van der Waals surface area contributed by atoms with Crippen LogP contribution in [0, 0.1) is 0 Å². The molecule has 5 rings (SSSR count). The van der Waals surface area contributed by atoms with E-state index in [9.17, 15) is 0 Å². The number of aromatic nitrogens is 2. The summed E-state index contributed by atoms with van der Waals surface area (Å²) >= 11 is 5.36. The van der Waals surface area contributed by atoms with Crippen LogP contribution in [0.5, 0.6) is 11.6 Å². The molecule has 0 aliphatic carbocycles. The minimum absolute atomic E-state index is 0.674. The van der Waals surface area contributed by atoms with Crippen LogP contribution in [0.25, 0.3) is 11.4 Å². The minimum atomic E-state index is 0.674. The van der Waals surface area contributed by atoms with Gasteiger partial charge in [-0.15, -0.1) is 11.8 Å². The van der Waals surface area contributed by atoms with Gasteiger partial charge in [0.1, 0.15) is 10.8 Å². The first-order valence-electron chi connectivity index (χ1n) is 10.1. The summed E-state index contributed by atoms with van der Waals surface area (Å²) in [5.74, 6) is 3.23. The van der Waals surface area contributed by atoms with Crippen LogP contribution in [0.15, 0.2) is 58.0 Å². The summed E-state index contributed by atoms with van der Waals surface area (Å²) in [7, 11) is 0. The number of fused-ring (bicyclic) bond motifs is 2. The third-order valence-electron chi connectivity index (χ3n) is 5.31. The van der Waals surface area contributed by atoms with Gasteiger partial charge in [0.25, 0.3) is 0 Å². The maximum Gasteiger partial charge on any atom is 0.227 e. The quantitative estimate of drug-likeness (QED) is 0.293. The third kappa shape index (κ3) is 4.39. The van der Waals surface area contributed by atoms with Crippen LogP contribution >= 0.6 is 27.7 Å². The Kier molecular flexibility index (Phi) is 6.04. The predicted octanol–water partition coefficient (Wildman–Crippen LogP) is 5.03. The first-order valence-corrected chi connectivity index (χ1v) is 11.9. The van der Waals surface area contributed by atoms with Gasteiger partial charge in [0.05, 0.1) is 18.8 Å². The van der Waals surface area contributed by atoms with Crippen LogP contribution in [0.2, 0.25) is 0 Å². The summed E-state index contributed by atoms with van der Waals surface area (Å²) in [5.41, 5.74) is 3.23. The Labute approximate surface area is 189 Å². The number of morpholine rings is 1. The average molecular weight is 484 g/mol. The van der Waals surface area contributed by atoms with Crippen molar-refractivity contribution in [1.82, 2.24) is 14.9 Å². The zero-order valence-electron chi connectivity index (χ0n) is 16.5. The highest BCUT2D eigenvalue weighted by atomic mass is 79.9. The number of halogens is 1.